The van der Waals surface area contributed by atoms with Crippen LogP contribution in [0.15, 0.2) is 17.2 Å². The second-order valence-electron chi connectivity index (χ2n) is 10.3. The lowest BCUT2D eigenvalue weighted by Crippen LogP contribution is -2.39. The molecule has 32 heavy (non-hydrogen) atoms. The lowest BCUT2D eigenvalue weighted by molar-refractivity contribution is -0.132. The van der Waals surface area contributed by atoms with E-state index in [2.05, 4.69) is 11.0 Å². The Labute approximate surface area is 196 Å². The van der Waals surface area contributed by atoms with Crippen LogP contribution < -0.4 is 0 Å². The summed E-state index contributed by atoms with van der Waals surface area (Å²) in [4.78, 5) is 34.8. The summed E-state index contributed by atoms with van der Waals surface area (Å²) in [5, 5.41) is 3.04. The van der Waals surface area contributed by atoms with Crippen LogP contribution in [0.3, 0.4) is 0 Å². The van der Waals surface area contributed by atoms with Gasteiger partial charge in [0, 0.05) is 43.1 Å². The highest BCUT2D eigenvalue weighted by Crippen LogP contribution is 2.37. The van der Waals surface area contributed by atoms with E-state index in [4.69, 9.17) is 4.98 Å². The molecule has 3 fully saturated rings. The molecule has 0 bridgehead atoms. The average Bonchev–Trinajstić information content (AvgIpc) is 3.54. The normalized spacial score (nSPS) is 25.0. The highest BCUT2D eigenvalue weighted by atomic mass is 32.1. The smallest absolute Gasteiger partial charge is 0.277 e. The van der Waals surface area contributed by atoms with Crippen molar-refractivity contribution < 1.29 is 9.59 Å². The molecule has 2 aliphatic heterocycles. The molecule has 1 saturated carbocycles. The molecule has 2 aliphatic carbocycles. The number of carbonyl (C=O) groups is 2. The topological polar surface area (TPSA) is 53.5 Å². The minimum atomic E-state index is 0.0878. The molecule has 1 aromatic rings. The standard InChI is InChI=1S/C26H37N3O2S/c30-24(12-11-19-6-1-2-7-19)28-16-13-21(14-17-28)25-27-22(18-32-25)26(31)29-15-5-9-20-8-3-4-10-23(20)29/h10,18-21H,1-9,11-17H2. The van der Waals surface area contributed by atoms with E-state index < -0.39 is 0 Å². The van der Waals surface area contributed by atoms with Crippen molar-refractivity contribution in [2.24, 2.45) is 11.8 Å². The number of nitrogens with zero attached hydrogens (tertiary/aromatic N) is 3. The summed E-state index contributed by atoms with van der Waals surface area (Å²) >= 11 is 1.63. The number of fused-ring (bicyclic) bond motifs is 1. The highest BCUT2D eigenvalue weighted by Gasteiger charge is 2.33. The van der Waals surface area contributed by atoms with Crippen LogP contribution in [0.5, 0.6) is 0 Å². The fraction of sp³-hybridized carbons (Fsp3) is 0.731. The Balaban J connectivity index is 1.14. The van der Waals surface area contributed by atoms with Gasteiger partial charge in [-0.1, -0.05) is 31.8 Å². The predicted octanol–water partition coefficient (Wildman–Crippen LogP) is 5.74. The van der Waals surface area contributed by atoms with E-state index in [1.807, 2.05) is 10.3 Å². The van der Waals surface area contributed by atoms with Crippen molar-refractivity contribution in [3.63, 3.8) is 0 Å². The number of amides is 2. The van der Waals surface area contributed by atoms with Gasteiger partial charge in [-0.25, -0.2) is 4.98 Å². The van der Waals surface area contributed by atoms with Gasteiger partial charge in [0.1, 0.15) is 5.69 Å². The zero-order chi connectivity index (χ0) is 21.9. The first kappa shape index (κ1) is 22.1. The van der Waals surface area contributed by atoms with Crippen molar-refractivity contribution in [3.05, 3.63) is 27.9 Å². The number of likely N-dealkylation sites (tertiary alicyclic amines) is 2. The molecule has 3 heterocycles. The Morgan fingerprint density at radius 2 is 1.72 bits per heavy atom. The van der Waals surface area contributed by atoms with Gasteiger partial charge in [0.2, 0.25) is 5.91 Å². The largest absolute Gasteiger partial charge is 0.343 e. The van der Waals surface area contributed by atoms with Crippen molar-refractivity contribution in [3.8, 4) is 0 Å². The highest BCUT2D eigenvalue weighted by molar-refractivity contribution is 7.09. The molecule has 5 rings (SSSR count). The van der Waals surface area contributed by atoms with Gasteiger partial charge >= 0.3 is 0 Å². The summed E-state index contributed by atoms with van der Waals surface area (Å²) in [5.41, 5.74) is 1.87. The van der Waals surface area contributed by atoms with Crippen LogP contribution in [0, 0.1) is 11.8 Å². The maximum atomic E-state index is 13.2. The van der Waals surface area contributed by atoms with E-state index in [1.165, 1.54) is 50.6 Å². The summed E-state index contributed by atoms with van der Waals surface area (Å²) in [6, 6.07) is 0. The van der Waals surface area contributed by atoms with Gasteiger partial charge < -0.3 is 9.80 Å². The molecule has 0 radical (unpaired) electrons. The predicted molar refractivity (Wildman–Crippen MR) is 128 cm³/mol. The molecule has 0 N–H and O–H groups in total. The number of rotatable bonds is 5. The maximum Gasteiger partial charge on any atom is 0.277 e. The quantitative estimate of drug-likeness (QED) is 0.569. The fourth-order valence-corrected chi connectivity index (χ4v) is 7.23. The van der Waals surface area contributed by atoms with Gasteiger partial charge in [0.05, 0.1) is 5.01 Å². The van der Waals surface area contributed by atoms with E-state index in [1.54, 1.807) is 11.3 Å². The van der Waals surface area contributed by atoms with E-state index >= 15 is 0 Å². The van der Waals surface area contributed by atoms with Crippen molar-refractivity contribution in [1.82, 2.24) is 14.8 Å². The third-order valence-corrected chi connectivity index (χ3v) is 9.21. The lowest BCUT2D eigenvalue weighted by Gasteiger charge is -2.37. The molecule has 1 atom stereocenters. The van der Waals surface area contributed by atoms with Gasteiger partial charge in [0.25, 0.3) is 5.91 Å². The average molecular weight is 456 g/mol. The Hall–Kier alpha value is -1.69. The molecule has 1 unspecified atom stereocenters. The second-order valence-corrected chi connectivity index (χ2v) is 11.2. The molecule has 2 saturated heterocycles. The van der Waals surface area contributed by atoms with E-state index in [-0.39, 0.29) is 5.91 Å². The summed E-state index contributed by atoms with van der Waals surface area (Å²) in [5.74, 6) is 2.15. The molecular weight excluding hydrogens is 418 g/mol. The first-order valence-corrected chi connectivity index (χ1v) is 13.8. The minimum Gasteiger partial charge on any atom is -0.343 e. The lowest BCUT2D eigenvalue weighted by atomic mass is 9.85. The monoisotopic (exact) mass is 455 g/mol. The molecule has 0 aromatic carbocycles. The Morgan fingerprint density at radius 3 is 2.53 bits per heavy atom. The van der Waals surface area contributed by atoms with Crippen LogP contribution in [0.25, 0.3) is 0 Å². The zero-order valence-corrected chi connectivity index (χ0v) is 20.1. The summed E-state index contributed by atoms with van der Waals surface area (Å²) in [6.07, 6.45) is 17.2. The number of carbonyl (C=O) groups excluding carboxylic acids is 2. The Bertz CT molecular complexity index is 849. The van der Waals surface area contributed by atoms with Crippen molar-refractivity contribution in [2.75, 3.05) is 19.6 Å². The van der Waals surface area contributed by atoms with E-state index in [0.29, 0.717) is 23.4 Å². The van der Waals surface area contributed by atoms with Crippen LogP contribution in [-0.2, 0) is 4.79 Å². The minimum absolute atomic E-state index is 0.0878. The molecule has 174 valence electrons. The number of aromatic nitrogens is 1. The van der Waals surface area contributed by atoms with Crippen molar-refractivity contribution in [1.29, 1.82) is 0 Å². The number of thiazole rings is 1. The Morgan fingerprint density at radius 1 is 0.938 bits per heavy atom. The van der Waals surface area contributed by atoms with Crippen LogP contribution in [0.4, 0.5) is 0 Å². The van der Waals surface area contributed by atoms with Crippen LogP contribution in [0.1, 0.15) is 105 Å². The number of hydrogen-bond acceptors (Lipinski definition) is 4. The van der Waals surface area contributed by atoms with Crippen LogP contribution in [0.2, 0.25) is 0 Å². The van der Waals surface area contributed by atoms with Gasteiger partial charge in [-0.15, -0.1) is 11.3 Å². The van der Waals surface area contributed by atoms with Crippen LogP contribution >= 0.6 is 11.3 Å². The third-order valence-electron chi connectivity index (χ3n) is 8.20. The number of allylic oxidation sites excluding steroid dienone is 2. The molecule has 1 aromatic heterocycles. The first-order chi connectivity index (χ1) is 15.7. The third kappa shape index (κ3) is 4.80. The SMILES string of the molecule is O=C(CCC1CCCC1)N1CCC(c2nc(C(=O)N3CCCC4CCCC=C43)cs2)CC1. The first-order valence-electron chi connectivity index (χ1n) is 12.9. The van der Waals surface area contributed by atoms with Gasteiger partial charge in [-0.05, 0) is 63.2 Å². The molecule has 2 amide bonds. The molecule has 4 aliphatic rings. The molecule has 0 spiro atoms. The Kier molecular flexibility index (Phi) is 6.96. The van der Waals surface area contributed by atoms with E-state index in [0.717, 1.165) is 69.1 Å². The van der Waals surface area contributed by atoms with Crippen molar-refractivity contribution in [2.45, 2.75) is 89.4 Å². The number of piperidine rings is 2. The molecule has 5 nitrogen and oxygen atoms in total. The van der Waals surface area contributed by atoms with E-state index in [9.17, 15) is 9.59 Å². The van der Waals surface area contributed by atoms with Crippen molar-refractivity contribution >= 4 is 23.2 Å². The zero-order valence-electron chi connectivity index (χ0n) is 19.3. The second kappa shape index (κ2) is 10.1. The fourth-order valence-electron chi connectivity index (χ4n) is 6.27. The van der Waals surface area contributed by atoms with Gasteiger partial charge in [-0.2, -0.15) is 0 Å². The number of hydrogen-bond donors (Lipinski definition) is 0. The summed E-state index contributed by atoms with van der Waals surface area (Å²) in [7, 11) is 0. The van der Waals surface area contributed by atoms with Crippen LogP contribution in [-0.4, -0.2) is 46.2 Å². The van der Waals surface area contributed by atoms with Gasteiger partial charge in [-0.3, -0.25) is 9.59 Å². The molecule has 6 heteroatoms. The molecular formula is C26H37N3O2S. The summed E-state index contributed by atoms with van der Waals surface area (Å²) in [6.45, 7) is 2.49. The summed E-state index contributed by atoms with van der Waals surface area (Å²) < 4.78 is 0. The maximum absolute atomic E-state index is 13.2. The van der Waals surface area contributed by atoms with Gasteiger partial charge in [0.15, 0.2) is 0 Å².